The number of aromatic nitrogens is 1. The lowest BCUT2D eigenvalue weighted by Gasteiger charge is -2.41. The second-order valence-corrected chi connectivity index (χ2v) is 12.1. The van der Waals surface area contributed by atoms with E-state index in [0.29, 0.717) is 5.92 Å². The molecule has 0 spiro atoms. The van der Waals surface area contributed by atoms with Crippen molar-refractivity contribution in [3.05, 3.63) is 175 Å². The van der Waals surface area contributed by atoms with Gasteiger partial charge in [-0.1, -0.05) is 153 Å². The van der Waals surface area contributed by atoms with Crippen molar-refractivity contribution in [2.24, 2.45) is 0 Å². The highest BCUT2D eigenvalue weighted by atomic mass is 15.2. The number of anilines is 2. The van der Waals surface area contributed by atoms with Gasteiger partial charge in [-0.25, -0.2) is 0 Å². The van der Waals surface area contributed by atoms with E-state index in [9.17, 15) is 0 Å². The fourth-order valence-electron chi connectivity index (χ4n) is 7.47. The first-order valence-electron chi connectivity index (χ1n) is 16.9. The number of nitrogens with zero attached hydrogens (tertiary/aromatic N) is 2. The van der Waals surface area contributed by atoms with E-state index in [1.807, 2.05) is 13.8 Å². The predicted octanol–water partition coefficient (Wildman–Crippen LogP) is 12.3. The molecule has 6 aromatic carbocycles. The van der Waals surface area contributed by atoms with Crippen LogP contribution in [0.5, 0.6) is 0 Å². The van der Waals surface area contributed by atoms with Gasteiger partial charge in [0.25, 0.3) is 0 Å². The lowest BCUT2D eigenvalue weighted by molar-refractivity contribution is 0.621. The Labute approximate surface area is 277 Å². The Morgan fingerprint density at radius 3 is 1.70 bits per heavy atom. The molecular formula is C45H38N2. The maximum absolute atomic E-state index is 2.60. The molecule has 2 nitrogen and oxygen atoms in total. The van der Waals surface area contributed by atoms with Gasteiger partial charge in [0.05, 0.1) is 22.8 Å². The summed E-state index contributed by atoms with van der Waals surface area (Å²) in [5.74, 6) is 0.358. The van der Waals surface area contributed by atoms with Gasteiger partial charge in [-0.05, 0) is 64.6 Å². The monoisotopic (exact) mass is 606 g/mol. The summed E-state index contributed by atoms with van der Waals surface area (Å²) in [6.07, 6.45) is 10.3. The van der Waals surface area contributed by atoms with Crippen LogP contribution in [-0.4, -0.2) is 10.6 Å². The van der Waals surface area contributed by atoms with Gasteiger partial charge in [0.2, 0.25) is 0 Å². The van der Waals surface area contributed by atoms with Crippen molar-refractivity contribution >= 4 is 33.2 Å². The summed E-state index contributed by atoms with van der Waals surface area (Å²) in [4.78, 5) is 2.60. The van der Waals surface area contributed by atoms with Gasteiger partial charge in [-0.2, -0.15) is 0 Å². The molecule has 1 aliphatic heterocycles. The van der Waals surface area contributed by atoms with Crippen molar-refractivity contribution in [3.63, 3.8) is 0 Å². The summed E-state index contributed by atoms with van der Waals surface area (Å²) in [5, 5.41) is 2.57. The van der Waals surface area contributed by atoms with Gasteiger partial charge in [-0.3, -0.25) is 0 Å². The van der Waals surface area contributed by atoms with E-state index in [1.165, 1.54) is 66.7 Å². The van der Waals surface area contributed by atoms with E-state index in [1.54, 1.807) is 0 Å². The summed E-state index contributed by atoms with van der Waals surface area (Å²) in [5.41, 5.74) is 12.5. The predicted molar refractivity (Wildman–Crippen MR) is 201 cm³/mol. The summed E-state index contributed by atoms with van der Waals surface area (Å²) in [6, 6.07) is 53.3. The van der Waals surface area contributed by atoms with Crippen LogP contribution in [0, 0.1) is 0 Å². The maximum Gasteiger partial charge on any atom is 0.0782 e. The van der Waals surface area contributed by atoms with Gasteiger partial charge >= 0.3 is 0 Å². The molecule has 2 heteroatoms. The molecule has 0 saturated heterocycles. The average Bonchev–Trinajstić information content (AvgIpc) is 3.35. The van der Waals surface area contributed by atoms with Crippen LogP contribution in [0.15, 0.2) is 170 Å². The number of para-hydroxylation sites is 1. The quantitative estimate of drug-likeness (QED) is 0.193. The van der Waals surface area contributed by atoms with E-state index < -0.39 is 0 Å². The van der Waals surface area contributed by atoms with Crippen LogP contribution in [0.2, 0.25) is 0 Å². The van der Waals surface area contributed by atoms with Gasteiger partial charge in [0.15, 0.2) is 0 Å². The first-order valence-corrected chi connectivity index (χ1v) is 16.9. The Balaban J connectivity index is 0.00000159. The van der Waals surface area contributed by atoms with Crippen LogP contribution >= 0.6 is 0 Å². The normalized spacial score (nSPS) is 16.4. The van der Waals surface area contributed by atoms with Gasteiger partial charge < -0.3 is 9.47 Å². The van der Waals surface area contributed by atoms with Gasteiger partial charge in [-0.15, -0.1) is 0 Å². The molecule has 1 aromatic heterocycles. The Hall–Kier alpha value is -5.60. The number of hydrogen-bond donors (Lipinski definition) is 0. The molecule has 228 valence electrons. The smallest absolute Gasteiger partial charge is 0.0782 e. The third kappa shape index (κ3) is 4.98. The SMILES string of the molecule is C1=CC2CC(C=C1)N(c1ccc(-c3ccccc3)cc1)c1c2ccc2c3ccccc3n(-c3ccc(-c4ccccc4)cc3)c12.CC. The number of hydrogen-bond acceptors (Lipinski definition) is 1. The van der Waals surface area contributed by atoms with E-state index in [0.717, 1.165) is 6.42 Å². The van der Waals surface area contributed by atoms with Crippen LogP contribution < -0.4 is 4.90 Å². The molecular weight excluding hydrogens is 569 g/mol. The summed E-state index contributed by atoms with van der Waals surface area (Å²) in [6.45, 7) is 4.00. The maximum atomic E-state index is 2.60. The minimum absolute atomic E-state index is 0.248. The van der Waals surface area contributed by atoms with E-state index in [2.05, 4.69) is 179 Å². The molecule has 2 unspecified atom stereocenters. The van der Waals surface area contributed by atoms with Crippen molar-refractivity contribution in [1.29, 1.82) is 0 Å². The Morgan fingerprint density at radius 1 is 0.489 bits per heavy atom. The lowest BCUT2D eigenvalue weighted by Crippen LogP contribution is -2.35. The molecule has 47 heavy (non-hydrogen) atoms. The van der Waals surface area contributed by atoms with Crippen LogP contribution in [-0.2, 0) is 0 Å². The summed E-state index contributed by atoms with van der Waals surface area (Å²) < 4.78 is 2.49. The molecule has 9 rings (SSSR count). The third-order valence-corrected chi connectivity index (χ3v) is 9.58. The molecule has 0 radical (unpaired) electrons. The molecule has 2 atom stereocenters. The minimum Gasteiger partial charge on any atom is -0.332 e. The molecule has 0 amide bonds. The second kappa shape index (κ2) is 12.3. The second-order valence-electron chi connectivity index (χ2n) is 12.1. The molecule has 0 N–H and O–H groups in total. The topological polar surface area (TPSA) is 8.17 Å². The Morgan fingerprint density at radius 2 is 1.04 bits per heavy atom. The molecule has 1 aliphatic carbocycles. The van der Waals surface area contributed by atoms with Gasteiger partial charge in [0, 0.05) is 28.1 Å². The van der Waals surface area contributed by atoms with Crippen LogP contribution in [0.4, 0.5) is 11.4 Å². The van der Waals surface area contributed by atoms with E-state index in [4.69, 9.17) is 0 Å². The Bertz CT molecular complexity index is 2220. The fraction of sp³-hybridized carbons (Fsp3) is 0.111. The van der Waals surface area contributed by atoms with E-state index >= 15 is 0 Å². The molecule has 2 aliphatic rings. The first kappa shape index (κ1) is 28.8. The number of benzene rings is 6. The fourth-order valence-corrected chi connectivity index (χ4v) is 7.47. The summed E-state index contributed by atoms with van der Waals surface area (Å²) >= 11 is 0. The molecule has 7 aromatic rings. The van der Waals surface area contributed by atoms with Crippen molar-refractivity contribution < 1.29 is 0 Å². The molecule has 0 saturated carbocycles. The van der Waals surface area contributed by atoms with Crippen LogP contribution in [0.25, 0.3) is 49.7 Å². The molecule has 2 heterocycles. The number of fused-ring (bicyclic) bond motifs is 8. The van der Waals surface area contributed by atoms with Gasteiger partial charge in [0.1, 0.15) is 0 Å². The Kier molecular flexibility index (Phi) is 7.55. The first-order chi connectivity index (χ1) is 23.3. The highest BCUT2D eigenvalue weighted by molar-refractivity contribution is 6.14. The number of rotatable bonds is 4. The summed E-state index contributed by atoms with van der Waals surface area (Å²) in [7, 11) is 0. The van der Waals surface area contributed by atoms with Crippen LogP contribution in [0.3, 0.4) is 0 Å². The molecule has 0 fully saturated rings. The average molecular weight is 607 g/mol. The lowest BCUT2D eigenvalue weighted by atomic mass is 9.84. The standard InChI is InChI=1S/C43H32N2.C2H6/c1-3-11-30(12-4-1)32-19-23-35(24-20-32)44-37-16-8-7-15-34(29-37)38-27-28-40-39-17-9-10-18-41(39)45(43(40)42(38)44)36-25-21-33(22-26-36)31-13-5-2-6-14-31;1-2/h1-28,34,37H,29H2;1-2H3. The zero-order valence-electron chi connectivity index (χ0n) is 26.9. The van der Waals surface area contributed by atoms with Crippen molar-refractivity contribution in [1.82, 2.24) is 4.57 Å². The zero-order chi connectivity index (χ0) is 31.7. The third-order valence-electron chi connectivity index (χ3n) is 9.58. The zero-order valence-corrected chi connectivity index (χ0v) is 26.9. The number of allylic oxidation sites excluding steroid dienone is 3. The largest absolute Gasteiger partial charge is 0.332 e. The van der Waals surface area contributed by atoms with Crippen molar-refractivity contribution in [3.8, 4) is 27.9 Å². The van der Waals surface area contributed by atoms with Crippen LogP contribution in [0.1, 0.15) is 31.7 Å². The minimum atomic E-state index is 0.248. The highest BCUT2D eigenvalue weighted by Gasteiger charge is 2.35. The molecule has 2 bridgehead atoms. The van der Waals surface area contributed by atoms with E-state index in [-0.39, 0.29) is 6.04 Å². The van der Waals surface area contributed by atoms with Crippen molar-refractivity contribution in [2.75, 3.05) is 4.90 Å². The van der Waals surface area contributed by atoms with Crippen molar-refractivity contribution in [2.45, 2.75) is 32.2 Å². The highest BCUT2D eigenvalue weighted by Crippen LogP contribution is 2.50.